The lowest BCUT2D eigenvalue weighted by atomic mass is 10.0. The number of ether oxygens (including phenoxy) is 2. The molecule has 1 saturated heterocycles. The third kappa shape index (κ3) is 7.08. The molecule has 6 atom stereocenters. The van der Waals surface area contributed by atoms with Crippen LogP contribution >= 0.6 is 19.3 Å². The quantitative estimate of drug-likeness (QED) is 0.171. The van der Waals surface area contributed by atoms with Crippen LogP contribution in [0.25, 0.3) is 0 Å². The fraction of sp³-hybridized carbons (Fsp3) is 0.346. The van der Waals surface area contributed by atoms with Gasteiger partial charge in [0.2, 0.25) is 0 Å². The van der Waals surface area contributed by atoms with Crippen molar-refractivity contribution in [3.05, 3.63) is 99.3 Å². The van der Waals surface area contributed by atoms with Crippen LogP contribution in [0, 0.1) is 0 Å². The number of aromatic amines is 1. The summed E-state index contributed by atoms with van der Waals surface area (Å²) in [6.45, 7) is 2.40. The van der Waals surface area contributed by atoms with Crippen molar-refractivity contribution < 1.29 is 33.0 Å². The molecule has 4 rings (SSSR count). The van der Waals surface area contributed by atoms with E-state index in [0.29, 0.717) is 0 Å². The Hall–Kier alpha value is -3.25. The molecule has 3 aromatic rings. The van der Waals surface area contributed by atoms with Gasteiger partial charge >= 0.3 is 19.4 Å². The number of aliphatic hydroxyl groups is 1. The van der Waals surface area contributed by atoms with E-state index in [0.717, 1.165) is 16.2 Å². The lowest BCUT2D eigenvalue weighted by Gasteiger charge is -2.26. The minimum Gasteiger partial charge on any atom is -0.460 e. The Morgan fingerprint density at radius 3 is 2.48 bits per heavy atom. The van der Waals surface area contributed by atoms with Crippen LogP contribution in [0.2, 0.25) is 0 Å². The first-order valence-electron chi connectivity index (χ1n) is 12.3. The monoisotopic (exact) mass is 593 g/mol. The zero-order chi connectivity index (χ0) is 28.9. The summed E-state index contributed by atoms with van der Waals surface area (Å²) in [4.78, 5) is 37.0. The summed E-state index contributed by atoms with van der Waals surface area (Å²) in [6.07, 6.45) is -2.56. The van der Waals surface area contributed by atoms with Crippen LogP contribution in [0.3, 0.4) is 0 Å². The minimum absolute atomic E-state index is 0.0122. The second-order valence-corrected chi connectivity index (χ2v) is 11.8. The Bertz CT molecular complexity index is 1470. The van der Waals surface area contributed by atoms with Gasteiger partial charge < -0.3 is 19.1 Å². The lowest BCUT2D eigenvalue weighted by molar-refractivity contribution is -0.146. The van der Waals surface area contributed by atoms with Crippen LogP contribution in [-0.4, -0.2) is 50.4 Å². The van der Waals surface area contributed by atoms with Gasteiger partial charge in [0.1, 0.15) is 35.5 Å². The molecule has 1 aliphatic heterocycles. The van der Waals surface area contributed by atoms with Crippen molar-refractivity contribution >= 4 is 25.3 Å². The highest BCUT2D eigenvalue weighted by atomic mass is 35.5. The molecule has 0 aliphatic carbocycles. The average Bonchev–Trinajstić information content (AvgIpc) is 3.15. The number of hydrogen-bond donors (Lipinski definition) is 3. The maximum absolute atomic E-state index is 13.8. The number of halogens is 1. The molecule has 0 bridgehead atoms. The third-order valence-corrected chi connectivity index (χ3v) is 8.18. The van der Waals surface area contributed by atoms with Crippen LogP contribution in [0.15, 0.2) is 82.5 Å². The van der Waals surface area contributed by atoms with Crippen molar-refractivity contribution in [1.29, 1.82) is 0 Å². The zero-order valence-corrected chi connectivity index (χ0v) is 23.3. The molecule has 2 aromatic carbocycles. The summed E-state index contributed by atoms with van der Waals surface area (Å²) < 4.78 is 37.2. The van der Waals surface area contributed by atoms with E-state index in [2.05, 4.69) is 10.1 Å². The van der Waals surface area contributed by atoms with E-state index in [-0.39, 0.29) is 12.4 Å². The van der Waals surface area contributed by atoms with Gasteiger partial charge in [-0.25, -0.2) is 9.36 Å². The van der Waals surface area contributed by atoms with Crippen molar-refractivity contribution in [1.82, 2.24) is 14.6 Å². The highest BCUT2D eigenvalue weighted by molar-refractivity contribution is 7.52. The fourth-order valence-electron chi connectivity index (χ4n) is 3.99. The largest absolute Gasteiger partial charge is 0.460 e. The summed E-state index contributed by atoms with van der Waals surface area (Å²) in [7, 11) is -4.28. The molecule has 214 valence electrons. The highest BCUT2D eigenvalue weighted by Gasteiger charge is 2.54. The van der Waals surface area contributed by atoms with Crippen LogP contribution < -0.4 is 20.9 Å². The Balaban J connectivity index is 1.48. The number of para-hydroxylation sites is 1. The number of alkyl halides is 1. The average molecular weight is 594 g/mol. The molecule has 40 heavy (non-hydrogen) atoms. The van der Waals surface area contributed by atoms with Crippen LogP contribution in [0.4, 0.5) is 0 Å². The number of nitrogens with one attached hydrogen (secondary N) is 2. The number of nitrogens with zero attached hydrogens (tertiary/aromatic N) is 1. The summed E-state index contributed by atoms with van der Waals surface area (Å²) in [5, 5.41) is 13.4. The Labute approximate surface area is 234 Å². The summed E-state index contributed by atoms with van der Waals surface area (Å²) in [6, 6.07) is 17.2. The van der Waals surface area contributed by atoms with Gasteiger partial charge in [0.05, 0.1) is 6.61 Å². The van der Waals surface area contributed by atoms with Gasteiger partial charge in [0, 0.05) is 12.3 Å². The zero-order valence-electron chi connectivity index (χ0n) is 21.6. The molecule has 0 saturated carbocycles. The Morgan fingerprint density at radius 1 is 1.18 bits per heavy atom. The SMILES string of the molecule is C[C@H](N[P@](=O)(OC[C@H]1O[C@@H](n2ccc(=O)[nH]c2=O)[C@](C)(Cl)[C@@H]1O)Oc1ccccc1)C(=O)OCc1ccccc1. The number of carbonyl (C=O) groups excluding carboxylic acids is 1. The first-order chi connectivity index (χ1) is 19.0. The Morgan fingerprint density at radius 2 is 1.82 bits per heavy atom. The van der Waals surface area contributed by atoms with Crippen LogP contribution in [-0.2, 0) is 30.0 Å². The molecule has 14 heteroatoms. The smallest absolute Gasteiger partial charge is 0.459 e. The maximum atomic E-state index is 13.8. The Kier molecular flexibility index (Phi) is 9.29. The van der Waals surface area contributed by atoms with E-state index in [1.165, 1.54) is 20.0 Å². The fourth-order valence-corrected chi connectivity index (χ4v) is 5.79. The van der Waals surface area contributed by atoms with E-state index in [1.54, 1.807) is 42.5 Å². The number of rotatable bonds is 11. The summed E-state index contributed by atoms with van der Waals surface area (Å²) in [5.41, 5.74) is -0.631. The van der Waals surface area contributed by atoms with Crippen molar-refractivity contribution in [3.8, 4) is 5.75 Å². The van der Waals surface area contributed by atoms with Gasteiger partial charge in [-0.3, -0.25) is 23.7 Å². The number of carbonyl (C=O) groups is 1. The number of benzene rings is 2. The number of H-pyrrole nitrogens is 1. The van der Waals surface area contributed by atoms with Crippen molar-refractivity contribution in [3.63, 3.8) is 0 Å². The summed E-state index contributed by atoms with van der Waals surface area (Å²) >= 11 is 6.56. The number of aromatic nitrogens is 2. The molecule has 0 unspecified atom stereocenters. The first kappa shape index (κ1) is 29.7. The highest BCUT2D eigenvalue weighted by Crippen LogP contribution is 2.48. The third-order valence-electron chi connectivity index (χ3n) is 6.13. The minimum atomic E-state index is -4.28. The first-order valence-corrected chi connectivity index (χ1v) is 14.2. The van der Waals surface area contributed by atoms with Gasteiger partial charge in [-0.05, 0) is 31.5 Å². The van der Waals surface area contributed by atoms with E-state index < -0.39 is 60.9 Å². The molecule has 0 radical (unpaired) electrons. The normalized spacial score (nSPS) is 24.6. The van der Waals surface area contributed by atoms with Crippen LogP contribution in [0.5, 0.6) is 5.75 Å². The molecule has 0 spiro atoms. The van der Waals surface area contributed by atoms with Gasteiger partial charge in [-0.15, -0.1) is 11.6 Å². The number of hydrogen-bond acceptors (Lipinski definition) is 9. The maximum Gasteiger partial charge on any atom is 0.459 e. The molecule has 2 heterocycles. The van der Waals surface area contributed by atoms with Crippen molar-refractivity contribution in [2.75, 3.05) is 6.61 Å². The topological polar surface area (TPSA) is 158 Å². The molecule has 12 nitrogen and oxygen atoms in total. The van der Waals surface area contributed by atoms with Gasteiger partial charge in [-0.2, -0.15) is 5.09 Å². The van der Waals surface area contributed by atoms with Gasteiger partial charge in [0.15, 0.2) is 6.23 Å². The van der Waals surface area contributed by atoms with Crippen molar-refractivity contribution in [2.45, 2.75) is 49.8 Å². The van der Waals surface area contributed by atoms with E-state index in [9.17, 15) is 24.1 Å². The predicted octanol–water partition coefficient (Wildman–Crippen LogP) is 2.72. The molecular formula is C26H29ClN3O9P. The number of aliphatic hydroxyl groups excluding tert-OH is 1. The standard InChI is InChI=1S/C26H29ClN3O9P/c1-17(23(33)36-15-18-9-5-3-6-10-18)29-40(35,39-19-11-7-4-8-12-19)37-16-20-22(32)26(2,27)24(38-20)30-14-13-21(31)28-25(30)34/h3-14,17,20,22,24,32H,15-16H2,1-2H3,(H,29,35)(H,28,31,34)/t17-,20+,22+,24+,26+,40-/m0/s1. The van der Waals surface area contributed by atoms with Gasteiger partial charge in [-0.1, -0.05) is 48.5 Å². The predicted molar refractivity (Wildman–Crippen MR) is 145 cm³/mol. The molecule has 3 N–H and O–H groups in total. The number of esters is 1. The molecular weight excluding hydrogens is 565 g/mol. The second-order valence-electron chi connectivity index (χ2n) is 9.28. The van der Waals surface area contributed by atoms with Crippen molar-refractivity contribution in [2.24, 2.45) is 0 Å². The van der Waals surface area contributed by atoms with Gasteiger partial charge in [0.25, 0.3) is 5.56 Å². The molecule has 1 aromatic heterocycles. The molecule has 1 aliphatic rings. The lowest BCUT2D eigenvalue weighted by Crippen LogP contribution is -2.43. The molecule has 0 amide bonds. The van der Waals surface area contributed by atoms with Crippen LogP contribution in [0.1, 0.15) is 25.6 Å². The van der Waals surface area contributed by atoms with E-state index in [1.807, 2.05) is 18.2 Å². The van der Waals surface area contributed by atoms with E-state index in [4.69, 9.17) is 30.1 Å². The summed E-state index contributed by atoms with van der Waals surface area (Å²) in [5.74, 6) is -0.511. The molecule has 1 fully saturated rings. The van der Waals surface area contributed by atoms with E-state index >= 15 is 0 Å². The second kappa shape index (κ2) is 12.5.